The van der Waals surface area contributed by atoms with E-state index >= 15 is 0 Å². The van der Waals surface area contributed by atoms with Crippen molar-refractivity contribution < 1.29 is 13.9 Å². The molecule has 0 saturated heterocycles. The fraction of sp³-hybridized carbons (Fsp3) is 0.533. The molecule has 0 spiro atoms. The molecule has 1 aliphatic rings. The molecule has 5 heteroatoms. The molecule has 20 heavy (non-hydrogen) atoms. The van der Waals surface area contributed by atoms with Crippen molar-refractivity contribution in [2.75, 3.05) is 7.11 Å². The number of nitrogens with two attached hydrogens (primary N) is 1. The molecule has 3 N–H and O–H groups in total. The summed E-state index contributed by atoms with van der Waals surface area (Å²) in [6.07, 6.45) is 5.16. The molecule has 2 unspecified atom stereocenters. The summed E-state index contributed by atoms with van der Waals surface area (Å²) in [7, 11) is 1.38. The van der Waals surface area contributed by atoms with Crippen molar-refractivity contribution in [1.29, 1.82) is 0 Å². The van der Waals surface area contributed by atoms with Gasteiger partial charge in [0.2, 0.25) is 0 Å². The quantitative estimate of drug-likeness (QED) is 0.834. The van der Waals surface area contributed by atoms with E-state index in [-0.39, 0.29) is 23.7 Å². The Balaban J connectivity index is 2.07. The Morgan fingerprint density at radius 3 is 2.85 bits per heavy atom. The van der Waals surface area contributed by atoms with E-state index in [1.54, 1.807) is 0 Å². The van der Waals surface area contributed by atoms with Crippen molar-refractivity contribution in [3.8, 4) is 5.75 Å². The van der Waals surface area contributed by atoms with Crippen LogP contribution in [-0.4, -0.2) is 25.1 Å². The molecule has 1 aromatic carbocycles. The third-order valence-electron chi connectivity index (χ3n) is 3.80. The van der Waals surface area contributed by atoms with E-state index in [4.69, 9.17) is 10.5 Å². The normalized spacial score (nSPS) is 22.9. The van der Waals surface area contributed by atoms with Gasteiger partial charge in [0.05, 0.1) is 7.11 Å². The fourth-order valence-electron chi connectivity index (χ4n) is 2.57. The second-order valence-corrected chi connectivity index (χ2v) is 5.23. The van der Waals surface area contributed by atoms with Crippen LogP contribution < -0.4 is 15.8 Å². The molecule has 0 bridgehead atoms. The number of nitrogens with one attached hydrogen (secondary N) is 1. The summed E-state index contributed by atoms with van der Waals surface area (Å²) in [5.74, 6) is -0.635. The molecule has 1 amide bonds. The number of benzene rings is 1. The van der Waals surface area contributed by atoms with E-state index in [1.165, 1.54) is 25.3 Å². The summed E-state index contributed by atoms with van der Waals surface area (Å²) in [6.45, 7) is 0. The van der Waals surface area contributed by atoms with Crippen molar-refractivity contribution in [3.05, 3.63) is 29.6 Å². The highest BCUT2D eigenvalue weighted by molar-refractivity contribution is 5.94. The molecular weight excluding hydrogens is 259 g/mol. The SMILES string of the molecule is COc1cc(C(=O)NC2CCCCCC2N)ccc1F. The zero-order chi connectivity index (χ0) is 14.5. The van der Waals surface area contributed by atoms with Gasteiger partial charge in [0.15, 0.2) is 11.6 Å². The number of hydrogen-bond acceptors (Lipinski definition) is 3. The molecule has 1 fully saturated rings. The maximum Gasteiger partial charge on any atom is 0.251 e. The minimum atomic E-state index is -0.477. The summed E-state index contributed by atoms with van der Waals surface area (Å²) < 4.78 is 18.2. The molecule has 1 aromatic rings. The molecular formula is C15H21FN2O2. The van der Waals surface area contributed by atoms with Crippen molar-refractivity contribution in [2.45, 2.75) is 44.2 Å². The van der Waals surface area contributed by atoms with Crippen molar-refractivity contribution in [2.24, 2.45) is 5.73 Å². The van der Waals surface area contributed by atoms with Crippen molar-refractivity contribution in [1.82, 2.24) is 5.32 Å². The van der Waals surface area contributed by atoms with Gasteiger partial charge < -0.3 is 15.8 Å². The number of carbonyl (C=O) groups excluding carboxylic acids is 1. The molecule has 0 aromatic heterocycles. The van der Waals surface area contributed by atoms with Crippen LogP contribution in [0, 0.1) is 5.82 Å². The highest BCUT2D eigenvalue weighted by Crippen LogP contribution is 2.20. The van der Waals surface area contributed by atoms with Crippen LogP contribution in [0.1, 0.15) is 42.5 Å². The minimum Gasteiger partial charge on any atom is -0.494 e. The Kier molecular flexibility index (Phi) is 4.95. The Labute approximate surface area is 118 Å². The molecule has 1 saturated carbocycles. The summed E-state index contributed by atoms with van der Waals surface area (Å²) in [6, 6.07) is 4.08. The summed E-state index contributed by atoms with van der Waals surface area (Å²) in [4.78, 5) is 12.2. The number of hydrogen-bond donors (Lipinski definition) is 2. The van der Waals surface area contributed by atoms with Gasteiger partial charge in [-0.25, -0.2) is 4.39 Å². The summed E-state index contributed by atoms with van der Waals surface area (Å²) in [5, 5.41) is 2.95. The van der Waals surface area contributed by atoms with Crippen LogP contribution >= 0.6 is 0 Å². The predicted molar refractivity (Wildman–Crippen MR) is 75.3 cm³/mol. The maximum atomic E-state index is 13.3. The first kappa shape index (κ1) is 14.8. The van der Waals surface area contributed by atoms with Crippen LogP contribution in [-0.2, 0) is 0 Å². The van der Waals surface area contributed by atoms with Gasteiger partial charge in [-0.15, -0.1) is 0 Å². The van der Waals surface area contributed by atoms with Crippen LogP contribution in [0.4, 0.5) is 4.39 Å². The van der Waals surface area contributed by atoms with Crippen LogP contribution in [0.15, 0.2) is 18.2 Å². The summed E-state index contributed by atoms with van der Waals surface area (Å²) in [5.41, 5.74) is 6.47. The topological polar surface area (TPSA) is 64.3 Å². The molecule has 2 rings (SSSR count). The van der Waals surface area contributed by atoms with Gasteiger partial charge in [-0.1, -0.05) is 19.3 Å². The highest BCUT2D eigenvalue weighted by atomic mass is 19.1. The average molecular weight is 280 g/mol. The third-order valence-corrected chi connectivity index (χ3v) is 3.80. The molecule has 4 nitrogen and oxygen atoms in total. The van der Waals surface area contributed by atoms with E-state index < -0.39 is 5.82 Å². The number of methoxy groups -OCH3 is 1. The van der Waals surface area contributed by atoms with Gasteiger partial charge >= 0.3 is 0 Å². The van der Waals surface area contributed by atoms with Crippen molar-refractivity contribution in [3.63, 3.8) is 0 Å². The van der Waals surface area contributed by atoms with E-state index in [0.717, 1.165) is 32.1 Å². The monoisotopic (exact) mass is 280 g/mol. The van der Waals surface area contributed by atoms with Crippen LogP contribution in [0.2, 0.25) is 0 Å². The number of ether oxygens (including phenoxy) is 1. The second-order valence-electron chi connectivity index (χ2n) is 5.23. The lowest BCUT2D eigenvalue weighted by molar-refractivity contribution is 0.0928. The number of amides is 1. The number of halogens is 1. The molecule has 0 radical (unpaired) electrons. The van der Waals surface area contributed by atoms with E-state index in [1.807, 2.05) is 0 Å². The lowest BCUT2D eigenvalue weighted by Crippen LogP contribution is -2.46. The maximum absolute atomic E-state index is 13.3. The molecule has 0 aliphatic heterocycles. The largest absolute Gasteiger partial charge is 0.494 e. The van der Waals surface area contributed by atoms with E-state index in [0.29, 0.717) is 5.56 Å². The molecule has 2 atom stereocenters. The zero-order valence-electron chi connectivity index (χ0n) is 11.7. The number of carbonyl (C=O) groups is 1. The zero-order valence-corrected chi connectivity index (χ0v) is 11.7. The number of rotatable bonds is 3. The van der Waals surface area contributed by atoms with Gasteiger partial charge in [-0.3, -0.25) is 4.79 Å². The van der Waals surface area contributed by atoms with Gasteiger partial charge in [-0.05, 0) is 31.0 Å². The highest BCUT2D eigenvalue weighted by Gasteiger charge is 2.22. The average Bonchev–Trinajstić information content (AvgIpc) is 2.64. The summed E-state index contributed by atoms with van der Waals surface area (Å²) >= 11 is 0. The Bertz CT molecular complexity index is 479. The first-order chi connectivity index (χ1) is 9.61. The smallest absolute Gasteiger partial charge is 0.251 e. The first-order valence-electron chi connectivity index (χ1n) is 7.02. The first-order valence-corrected chi connectivity index (χ1v) is 7.02. The van der Waals surface area contributed by atoms with Crippen LogP contribution in [0.5, 0.6) is 5.75 Å². The second kappa shape index (κ2) is 6.70. The minimum absolute atomic E-state index is 0.0104. The van der Waals surface area contributed by atoms with Gasteiger partial charge in [-0.2, -0.15) is 0 Å². The standard InChI is InChI=1S/C15H21FN2O2/c1-20-14-9-10(7-8-11(14)16)15(19)18-13-6-4-2-3-5-12(13)17/h7-9,12-13H,2-6,17H2,1H3,(H,18,19). The van der Waals surface area contributed by atoms with E-state index in [2.05, 4.69) is 5.32 Å². The fourth-order valence-corrected chi connectivity index (χ4v) is 2.57. The van der Waals surface area contributed by atoms with E-state index in [9.17, 15) is 9.18 Å². The van der Waals surface area contributed by atoms with Crippen molar-refractivity contribution >= 4 is 5.91 Å². The lowest BCUT2D eigenvalue weighted by Gasteiger charge is -2.22. The third kappa shape index (κ3) is 3.48. The molecule has 0 heterocycles. The van der Waals surface area contributed by atoms with Gasteiger partial charge in [0, 0.05) is 17.6 Å². The Morgan fingerprint density at radius 2 is 2.10 bits per heavy atom. The van der Waals surface area contributed by atoms with Gasteiger partial charge in [0.1, 0.15) is 0 Å². The Hall–Kier alpha value is -1.62. The Morgan fingerprint density at radius 1 is 1.35 bits per heavy atom. The van der Waals surface area contributed by atoms with Crippen LogP contribution in [0.25, 0.3) is 0 Å². The van der Waals surface area contributed by atoms with Gasteiger partial charge in [0.25, 0.3) is 5.91 Å². The molecule has 1 aliphatic carbocycles. The van der Waals surface area contributed by atoms with Crippen LogP contribution in [0.3, 0.4) is 0 Å². The lowest BCUT2D eigenvalue weighted by atomic mass is 10.0. The molecule has 110 valence electrons. The predicted octanol–water partition coefficient (Wildman–Crippen LogP) is 2.22.